The second-order valence-corrected chi connectivity index (χ2v) is 10.0. The summed E-state index contributed by atoms with van der Waals surface area (Å²) in [6.45, 7) is 1.82. The first-order valence-electron chi connectivity index (χ1n) is 8.61. The van der Waals surface area contributed by atoms with E-state index in [2.05, 4.69) is 10.6 Å². The molecule has 28 heavy (non-hydrogen) atoms. The Hall–Kier alpha value is -2.03. The second kappa shape index (κ2) is 8.55. The Balaban J connectivity index is 1.70. The average molecular weight is 439 g/mol. The number of halogens is 1. The monoisotopic (exact) mass is 438 g/mol. The number of hydrogen-bond donors (Lipinski definition) is 2. The first-order valence-corrected chi connectivity index (χ1v) is 11.6. The smallest absolute Gasteiger partial charge is 0.228 e. The normalized spacial score (nSPS) is 16.6. The van der Waals surface area contributed by atoms with Gasteiger partial charge in [0.05, 0.1) is 27.0 Å². The first kappa shape index (κ1) is 20.7. The highest BCUT2D eigenvalue weighted by molar-refractivity contribution is 7.99. The van der Waals surface area contributed by atoms with E-state index < -0.39 is 15.7 Å². The Morgan fingerprint density at radius 3 is 2.79 bits per heavy atom. The molecule has 1 heterocycles. The quantitative estimate of drug-likeness (QED) is 0.740. The van der Waals surface area contributed by atoms with Gasteiger partial charge in [-0.25, -0.2) is 8.42 Å². The average Bonchev–Trinajstić information content (AvgIpc) is 2.80. The zero-order valence-electron chi connectivity index (χ0n) is 15.1. The zero-order chi connectivity index (χ0) is 20.3. The van der Waals surface area contributed by atoms with E-state index >= 15 is 0 Å². The number of hydrogen-bond acceptors (Lipinski definition) is 5. The van der Waals surface area contributed by atoms with Gasteiger partial charge in [-0.3, -0.25) is 9.59 Å². The van der Waals surface area contributed by atoms with E-state index in [-0.39, 0.29) is 28.9 Å². The molecule has 2 aromatic carbocycles. The number of carbonyl (C=O) groups excluding carboxylic acids is 2. The van der Waals surface area contributed by atoms with Crippen LogP contribution in [0.15, 0.2) is 52.3 Å². The lowest BCUT2D eigenvalue weighted by atomic mass is 10.2. The number of benzene rings is 2. The van der Waals surface area contributed by atoms with E-state index in [0.717, 1.165) is 4.90 Å². The van der Waals surface area contributed by atoms with Crippen LogP contribution < -0.4 is 10.6 Å². The minimum absolute atomic E-state index is 0.0762. The fraction of sp³-hybridized carbons (Fsp3) is 0.263. The summed E-state index contributed by atoms with van der Waals surface area (Å²) in [6.07, 6.45) is -0.206. The van der Waals surface area contributed by atoms with Crippen LogP contribution in [0, 0.1) is 5.92 Å². The zero-order valence-corrected chi connectivity index (χ0v) is 17.5. The van der Waals surface area contributed by atoms with E-state index in [0.29, 0.717) is 22.2 Å². The molecule has 0 spiro atoms. The van der Waals surface area contributed by atoms with Crippen LogP contribution in [0.1, 0.15) is 13.3 Å². The molecule has 1 aliphatic rings. The third-order valence-corrected chi connectivity index (χ3v) is 7.63. The molecule has 0 bridgehead atoms. The highest BCUT2D eigenvalue weighted by Crippen LogP contribution is 2.34. The first-order chi connectivity index (χ1) is 13.3. The van der Waals surface area contributed by atoms with Crippen LogP contribution in [-0.2, 0) is 19.4 Å². The maximum atomic E-state index is 12.6. The number of nitrogens with one attached hydrogen (secondary N) is 2. The summed E-state index contributed by atoms with van der Waals surface area (Å²) in [5.74, 6) is -0.456. The van der Waals surface area contributed by atoms with Gasteiger partial charge in [-0.1, -0.05) is 30.7 Å². The number of sulfone groups is 1. The van der Waals surface area contributed by atoms with Crippen molar-refractivity contribution in [1.82, 2.24) is 0 Å². The summed E-state index contributed by atoms with van der Waals surface area (Å²) in [6, 6.07) is 11.4. The van der Waals surface area contributed by atoms with Gasteiger partial charge >= 0.3 is 0 Å². The summed E-state index contributed by atoms with van der Waals surface area (Å²) in [5, 5.41) is 5.76. The lowest BCUT2D eigenvalue weighted by Gasteiger charge is -2.11. The molecule has 0 radical (unpaired) electrons. The van der Waals surface area contributed by atoms with Crippen molar-refractivity contribution in [2.45, 2.75) is 23.1 Å². The maximum Gasteiger partial charge on any atom is 0.228 e. The summed E-state index contributed by atoms with van der Waals surface area (Å²) in [4.78, 5) is 25.0. The molecule has 0 fully saturated rings. The van der Waals surface area contributed by atoms with Crippen molar-refractivity contribution < 1.29 is 18.0 Å². The van der Waals surface area contributed by atoms with Crippen molar-refractivity contribution in [3.63, 3.8) is 0 Å². The van der Waals surface area contributed by atoms with Crippen LogP contribution >= 0.6 is 23.4 Å². The molecule has 1 aliphatic heterocycles. The van der Waals surface area contributed by atoms with Crippen LogP contribution in [0.4, 0.5) is 11.4 Å². The number of fused-ring (bicyclic) bond motifs is 1. The molecule has 3 rings (SSSR count). The summed E-state index contributed by atoms with van der Waals surface area (Å²) < 4.78 is 25.3. The lowest BCUT2D eigenvalue weighted by Crippen LogP contribution is -2.20. The Morgan fingerprint density at radius 2 is 2.04 bits per heavy atom. The fourth-order valence-electron chi connectivity index (χ4n) is 2.59. The maximum absolute atomic E-state index is 12.6. The van der Waals surface area contributed by atoms with Gasteiger partial charge in [0.1, 0.15) is 0 Å². The number of para-hydroxylation sites is 1. The van der Waals surface area contributed by atoms with E-state index in [9.17, 15) is 18.0 Å². The Kier molecular flexibility index (Phi) is 6.32. The van der Waals surface area contributed by atoms with Crippen LogP contribution in [-0.4, -0.2) is 31.7 Å². The van der Waals surface area contributed by atoms with Crippen LogP contribution in [0.5, 0.6) is 0 Å². The molecule has 2 N–H and O–H groups in total. The summed E-state index contributed by atoms with van der Waals surface area (Å²) in [7, 11) is -3.69. The minimum atomic E-state index is -3.69. The topological polar surface area (TPSA) is 92.3 Å². The van der Waals surface area contributed by atoms with Gasteiger partial charge < -0.3 is 10.6 Å². The van der Waals surface area contributed by atoms with Crippen molar-refractivity contribution in [1.29, 1.82) is 0 Å². The van der Waals surface area contributed by atoms with E-state index in [1.807, 2.05) is 6.92 Å². The van der Waals surface area contributed by atoms with E-state index in [1.54, 1.807) is 30.3 Å². The minimum Gasteiger partial charge on any atom is -0.325 e. The lowest BCUT2D eigenvalue weighted by molar-refractivity contribution is -0.118. The Labute approximate surface area is 173 Å². The van der Waals surface area contributed by atoms with Crippen LogP contribution in [0.25, 0.3) is 0 Å². The van der Waals surface area contributed by atoms with Gasteiger partial charge in [0, 0.05) is 23.0 Å². The van der Waals surface area contributed by atoms with E-state index in [4.69, 9.17) is 11.6 Å². The predicted molar refractivity (Wildman–Crippen MR) is 112 cm³/mol. The van der Waals surface area contributed by atoms with E-state index in [1.165, 1.54) is 23.9 Å². The Bertz CT molecular complexity index is 1020. The van der Waals surface area contributed by atoms with Crippen LogP contribution in [0.2, 0.25) is 5.02 Å². The molecule has 0 saturated carbocycles. The van der Waals surface area contributed by atoms with Gasteiger partial charge in [-0.2, -0.15) is 0 Å². The third-order valence-electron chi connectivity index (χ3n) is 4.25. The molecule has 148 valence electrons. The predicted octanol–water partition coefficient (Wildman–Crippen LogP) is 3.82. The molecule has 0 aliphatic carbocycles. The molecular formula is C19H19ClN2O4S2. The molecule has 9 heteroatoms. The van der Waals surface area contributed by atoms with Crippen molar-refractivity contribution in [2.75, 3.05) is 22.1 Å². The van der Waals surface area contributed by atoms with Gasteiger partial charge in [-0.05, 0) is 30.3 Å². The molecule has 6 nitrogen and oxygen atoms in total. The molecule has 2 amide bonds. The molecular weight excluding hydrogens is 420 g/mol. The summed E-state index contributed by atoms with van der Waals surface area (Å²) in [5.41, 5.74) is 0.923. The standard InChI is InChI=1S/C19H19ClN2O4S2/c1-12-11-27-17-7-6-13(10-16(17)22-19(12)24)28(25,26)9-8-18(23)21-15-5-3-2-4-14(15)20/h2-7,10,12H,8-9,11H2,1H3,(H,21,23)(H,22,24)/t12-/m1/s1. The van der Waals surface area contributed by atoms with Gasteiger partial charge in [-0.15, -0.1) is 11.8 Å². The van der Waals surface area contributed by atoms with Gasteiger partial charge in [0.15, 0.2) is 9.84 Å². The SMILES string of the molecule is C[C@@H]1CSc2ccc(S(=O)(=O)CCC(=O)Nc3ccccc3Cl)cc2NC1=O. The largest absolute Gasteiger partial charge is 0.325 e. The number of carbonyl (C=O) groups is 2. The summed E-state index contributed by atoms with van der Waals surface area (Å²) >= 11 is 7.49. The highest BCUT2D eigenvalue weighted by atomic mass is 35.5. The number of thioether (sulfide) groups is 1. The fourth-order valence-corrected chi connectivity index (χ4v) is 5.05. The van der Waals surface area contributed by atoms with Crippen LogP contribution in [0.3, 0.4) is 0 Å². The number of rotatable bonds is 5. The molecule has 0 unspecified atom stereocenters. The molecule has 1 atom stereocenters. The molecule has 0 saturated heterocycles. The van der Waals surface area contributed by atoms with Gasteiger partial charge in [0.2, 0.25) is 11.8 Å². The van der Waals surface area contributed by atoms with Gasteiger partial charge in [0.25, 0.3) is 0 Å². The third kappa shape index (κ3) is 4.87. The molecule has 2 aromatic rings. The van der Waals surface area contributed by atoms with Crippen molar-refractivity contribution in [2.24, 2.45) is 5.92 Å². The van der Waals surface area contributed by atoms with Crippen molar-refractivity contribution in [3.05, 3.63) is 47.5 Å². The second-order valence-electron chi connectivity index (χ2n) is 6.46. The molecule has 0 aromatic heterocycles. The Morgan fingerprint density at radius 1 is 1.29 bits per heavy atom. The number of amides is 2. The highest BCUT2D eigenvalue weighted by Gasteiger charge is 2.23. The number of anilines is 2. The van der Waals surface area contributed by atoms with Crippen molar-refractivity contribution >= 4 is 56.4 Å². The van der Waals surface area contributed by atoms with Crippen molar-refractivity contribution in [3.8, 4) is 0 Å².